The highest BCUT2D eigenvalue weighted by atomic mass is 32.2. The zero-order valence-electron chi connectivity index (χ0n) is 16.4. The first-order chi connectivity index (χ1) is 14.9. The van der Waals surface area contributed by atoms with E-state index < -0.39 is 23.3 Å². The molecule has 2 aliphatic rings. The first-order valence-corrected chi connectivity index (χ1v) is 12.2. The number of carboxylic acids is 1. The lowest BCUT2D eigenvalue weighted by molar-refractivity contribution is -0.150. The Labute approximate surface area is 190 Å². The Kier molecular flexibility index (Phi) is 6.49. The molecule has 31 heavy (non-hydrogen) atoms. The van der Waals surface area contributed by atoms with Crippen LogP contribution in [-0.4, -0.2) is 67.5 Å². The number of amides is 2. The molecule has 3 N–H and O–H groups in total. The van der Waals surface area contributed by atoms with Crippen LogP contribution in [0.1, 0.15) is 5.01 Å². The van der Waals surface area contributed by atoms with Gasteiger partial charge in [-0.15, -0.1) is 22.0 Å². The molecule has 0 saturated carbocycles. The number of thioether (sulfide) groups is 2. The van der Waals surface area contributed by atoms with Crippen molar-refractivity contribution in [3.8, 4) is 0 Å². The number of aryl methyl sites for hydroxylation is 1. The van der Waals surface area contributed by atoms with E-state index in [1.165, 1.54) is 39.8 Å². The van der Waals surface area contributed by atoms with Gasteiger partial charge in [-0.3, -0.25) is 14.5 Å². The zero-order chi connectivity index (χ0) is 22.0. The largest absolute Gasteiger partial charge is 0.477 e. The number of carbonyl (C=O) groups excluding carboxylic acids is 2. The number of anilines is 1. The van der Waals surface area contributed by atoms with Gasteiger partial charge in [0.1, 0.15) is 22.1 Å². The van der Waals surface area contributed by atoms with E-state index in [0.717, 1.165) is 15.0 Å². The smallest absolute Gasteiger partial charge is 0.352 e. The number of para-hydroxylation sites is 1. The van der Waals surface area contributed by atoms with E-state index in [4.69, 9.17) is 0 Å². The maximum atomic E-state index is 12.7. The maximum Gasteiger partial charge on any atom is 0.352 e. The molecule has 1 saturated heterocycles. The van der Waals surface area contributed by atoms with Gasteiger partial charge in [-0.25, -0.2) is 4.79 Å². The average Bonchev–Trinajstić information content (AvgIpc) is 3.19. The molecule has 1 aromatic heterocycles. The summed E-state index contributed by atoms with van der Waals surface area (Å²) in [7, 11) is 0. The normalized spacial score (nSPS) is 20.2. The molecule has 0 bridgehead atoms. The molecule has 2 atom stereocenters. The van der Waals surface area contributed by atoms with E-state index in [-0.39, 0.29) is 18.1 Å². The van der Waals surface area contributed by atoms with Gasteiger partial charge in [-0.05, 0) is 24.6 Å². The molecule has 12 heteroatoms. The van der Waals surface area contributed by atoms with Crippen molar-refractivity contribution in [3.05, 3.63) is 46.6 Å². The fourth-order valence-electron chi connectivity index (χ4n) is 3.24. The highest BCUT2D eigenvalue weighted by Gasteiger charge is 2.54. The molecular formula is C19H19N5O4S3. The fourth-order valence-corrected chi connectivity index (χ4v) is 6.54. The molecule has 9 nitrogen and oxygen atoms in total. The number of nitrogens with one attached hydrogen (secondary N) is 2. The van der Waals surface area contributed by atoms with Crippen LogP contribution in [0.4, 0.5) is 5.69 Å². The Morgan fingerprint density at radius 1 is 1.29 bits per heavy atom. The molecule has 1 aromatic carbocycles. The first-order valence-electron chi connectivity index (χ1n) is 9.35. The summed E-state index contributed by atoms with van der Waals surface area (Å²) in [5.74, 6) is -0.987. The Hall–Kier alpha value is -2.57. The molecule has 3 heterocycles. The number of hydrogen-bond acceptors (Lipinski definition) is 9. The number of nitrogens with zero attached hydrogens (tertiary/aromatic N) is 3. The highest BCUT2D eigenvalue weighted by Crippen LogP contribution is 2.41. The number of benzene rings is 1. The Balaban J connectivity index is 1.38. The highest BCUT2D eigenvalue weighted by molar-refractivity contribution is 8.01. The van der Waals surface area contributed by atoms with Crippen LogP contribution < -0.4 is 10.6 Å². The van der Waals surface area contributed by atoms with Crippen LogP contribution in [0.25, 0.3) is 0 Å². The monoisotopic (exact) mass is 477 g/mol. The lowest BCUT2D eigenvalue weighted by atomic mass is 10.0. The molecule has 2 aromatic rings. The Morgan fingerprint density at radius 3 is 2.74 bits per heavy atom. The van der Waals surface area contributed by atoms with Gasteiger partial charge in [0, 0.05) is 17.2 Å². The van der Waals surface area contributed by atoms with Crippen LogP contribution in [-0.2, 0) is 14.4 Å². The maximum absolute atomic E-state index is 12.7. The second kappa shape index (κ2) is 9.28. The summed E-state index contributed by atoms with van der Waals surface area (Å²) < 4.78 is 0.757. The van der Waals surface area contributed by atoms with Crippen molar-refractivity contribution >= 4 is 58.3 Å². The number of aromatic nitrogens is 2. The predicted molar refractivity (Wildman–Crippen MR) is 120 cm³/mol. The van der Waals surface area contributed by atoms with Gasteiger partial charge in [-0.2, -0.15) is 0 Å². The van der Waals surface area contributed by atoms with Crippen LogP contribution in [0.3, 0.4) is 0 Å². The van der Waals surface area contributed by atoms with Crippen molar-refractivity contribution < 1.29 is 19.5 Å². The van der Waals surface area contributed by atoms with Gasteiger partial charge >= 0.3 is 5.97 Å². The van der Waals surface area contributed by atoms with E-state index in [1.54, 1.807) is 0 Å². The Morgan fingerprint density at radius 2 is 2.06 bits per heavy atom. The molecule has 0 aliphatic carbocycles. The summed E-state index contributed by atoms with van der Waals surface area (Å²) in [4.78, 5) is 38.2. The van der Waals surface area contributed by atoms with Crippen LogP contribution in [0.15, 0.2) is 45.9 Å². The predicted octanol–water partition coefficient (Wildman–Crippen LogP) is 1.79. The summed E-state index contributed by atoms with van der Waals surface area (Å²) in [5, 5.41) is 23.9. The van der Waals surface area contributed by atoms with Crippen LogP contribution in [0, 0.1) is 6.92 Å². The number of carboxylic acid groups (broad SMARTS) is 1. The minimum absolute atomic E-state index is 0.00963. The summed E-state index contributed by atoms with van der Waals surface area (Å²) in [6.45, 7) is 1.88. The molecule has 2 aliphatic heterocycles. The van der Waals surface area contributed by atoms with Crippen molar-refractivity contribution in [2.24, 2.45) is 0 Å². The first kappa shape index (κ1) is 21.7. The quantitative estimate of drug-likeness (QED) is 0.385. The van der Waals surface area contributed by atoms with Gasteiger partial charge in [0.25, 0.3) is 5.91 Å². The van der Waals surface area contributed by atoms with Crippen LogP contribution in [0.5, 0.6) is 0 Å². The molecule has 1 fully saturated rings. The van der Waals surface area contributed by atoms with E-state index in [0.29, 0.717) is 17.1 Å². The van der Waals surface area contributed by atoms with Crippen molar-refractivity contribution in [2.75, 3.05) is 23.4 Å². The van der Waals surface area contributed by atoms with E-state index >= 15 is 0 Å². The SMILES string of the molecule is Cc1nnc(SCC2=C(C(=O)O)N3C(=O)C(NC(=O)CNc4ccccc4)[C@H]3SC2)s1. The molecule has 162 valence electrons. The molecule has 0 spiro atoms. The van der Waals surface area contributed by atoms with E-state index in [2.05, 4.69) is 20.8 Å². The van der Waals surface area contributed by atoms with Crippen molar-refractivity contribution in [1.29, 1.82) is 0 Å². The summed E-state index contributed by atoms with van der Waals surface area (Å²) in [6, 6.07) is 8.54. The van der Waals surface area contributed by atoms with Gasteiger partial charge in [0.05, 0.1) is 6.54 Å². The lowest BCUT2D eigenvalue weighted by Gasteiger charge is -2.49. The summed E-state index contributed by atoms with van der Waals surface area (Å²) in [6.07, 6.45) is 0. The number of aliphatic carboxylic acids is 1. The fraction of sp³-hybridized carbons (Fsp3) is 0.316. The van der Waals surface area contributed by atoms with Gasteiger partial charge in [0.15, 0.2) is 4.34 Å². The van der Waals surface area contributed by atoms with Crippen LogP contribution in [0.2, 0.25) is 0 Å². The average molecular weight is 478 g/mol. The van der Waals surface area contributed by atoms with Gasteiger partial charge < -0.3 is 15.7 Å². The van der Waals surface area contributed by atoms with E-state index in [1.807, 2.05) is 37.3 Å². The van der Waals surface area contributed by atoms with Crippen molar-refractivity contribution in [3.63, 3.8) is 0 Å². The lowest BCUT2D eigenvalue weighted by Crippen LogP contribution is -2.71. The van der Waals surface area contributed by atoms with Crippen molar-refractivity contribution in [1.82, 2.24) is 20.4 Å². The number of rotatable bonds is 8. The molecular weight excluding hydrogens is 458 g/mol. The molecule has 2 amide bonds. The molecule has 4 rings (SSSR count). The van der Waals surface area contributed by atoms with Crippen LogP contribution >= 0.6 is 34.9 Å². The second-order valence-corrected chi connectivity index (χ2v) is 10.3. The van der Waals surface area contributed by atoms with Gasteiger partial charge in [-0.1, -0.05) is 41.3 Å². The number of carbonyl (C=O) groups is 3. The third kappa shape index (κ3) is 4.70. The zero-order valence-corrected chi connectivity index (χ0v) is 18.9. The standard InChI is InChI=1S/C19H19N5O4S3/c1-10-22-23-19(31-10)30-9-11-8-29-17-14(16(26)24(17)15(11)18(27)28)21-13(25)7-20-12-5-3-2-4-6-12/h2-6,14,17,20H,7-9H2,1H3,(H,21,25)(H,27,28)/t14?,17-/m1/s1. The topological polar surface area (TPSA) is 125 Å². The molecule has 1 unspecified atom stereocenters. The van der Waals surface area contributed by atoms with E-state index in [9.17, 15) is 19.5 Å². The summed E-state index contributed by atoms with van der Waals surface area (Å²) in [5.41, 5.74) is 1.47. The second-order valence-electron chi connectivity index (χ2n) is 6.81. The third-order valence-electron chi connectivity index (χ3n) is 4.67. The minimum Gasteiger partial charge on any atom is -0.477 e. The number of β-lactam (4-membered cyclic amide) rings is 1. The minimum atomic E-state index is -1.14. The van der Waals surface area contributed by atoms with Crippen molar-refractivity contribution in [2.45, 2.75) is 22.7 Å². The third-order valence-corrected chi connectivity index (χ3v) is 8.07. The number of hydrogen-bond donors (Lipinski definition) is 3. The Bertz CT molecular complexity index is 1040. The molecule has 0 radical (unpaired) electrons. The van der Waals surface area contributed by atoms with Gasteiger partial charge in [0.2, 0.25) is 5.91 Å². The number of fused-ring (bicyclic) bond motifs is 1. The summed E-state index contributed by atoms with van der Waals surface area (Å²) >= 11 is 4.30.